The van der Waals surface area contributed by atoms with Gasteiger partial charge in [-0.05, 0) is 6.42 Å². The predicted octanol–water partition coefficient (Wildman–Crippen LogP) is 3.05. The molecule has 1 aromatic heterocycles. The van der Waals surface area contributed by atoms with E-state index in [0.717, 1.165) is 6.42 Å². The van der Waals surface area contributed by atoms with E-state index < -0.39 is 0 Å². The van der Waals surface area contributed by atoms with Gasteiger partial charge in [0.25, 0.3) is 5.91 Å². The van der Waals surface area contributed by atoms with Crippen LogP contribution in [-0.4, -0.2) is 24.0 Å². The zero-order chi connectivity index (χ0) is 15.3. The molecule has 0 aliphatic heterocycles. The summed E-state index contributed by atoms with van der Waals surface area (Å²) in [5, 5.41) is 2.87. The number of carbonyl (C=O) groups is 1. The van der Waals surface area contributed by atoms with Gasteiger partial charge in [-0.25, -0.2) is 4.98 Å². The van der Waals surface area contributed by atoms with Gasteiger partial charge in [-0.1, -0.05) is 51.9 Å². The molecule has 21 heavy (non-hydrogen) atoms. The number of unbranched alkanes of at least 4 members (excludes halogenated alkanes) is 7. The molecule has 5 nitrogen and oxygen atoms in total. The van der Waals surface area contributed by atoms with Crippen LogP contribution in [0.15, 0.2) is 10.7 Å². The maximum Gasteiger partial charge on any atom is 0.273 e. The van der Waals surface area contributed by atoms with Crippen molar-refractivity contribution in [3.63, 3.8) is 0 Å². The first-order valence-electron chi connectivity index (χ1n) is 8.20. The van der Waals surface area contributed by atoms with Crippen molar-refractivity contribution in [2.75, 3.05) is 13.1 Å². The van der Waals surface area contributed by atoms with Gasteiger partial charge >= 0.3 is 0 Å². The number of hydrogen-bond donors (Lipinski definition) is 2. The number of carbonyl (C=O) groups excluding carboxylic acids is 1. The molecule has 0 radical (unpaired) electrons. The van der Waals surface area contributed by atoms with Gasteiger partial charge in [0.2, 0.25) is 0 Å². The summed E-state index contributed by atoms with van der Waals surface area (Å²) in [6, 6.07) is 0. The molecule has 1 heterocycles. The Hall–Kier alpha value is -1.36. The van der Waals surface area contributed by atoms with Gasteiger partial charge in [0.15, 0.2) is 11.6 Å². The van der Waals surface area contributed by atoms with Crippen LogP contribution in [0, 0.1) is 0 Å². The van der Waals surface area contributed by atoms with Crippen molar-refractivity contribution in [3.8, 4) is 0 Å². The number of aromatic nitrogens is 1. The summed E-state index contributed by atoms with van der Waals surface area (Å²) in [4.78, 5) is 15.9. The molecule has 120 valence electrons. The van der Waals surface area contributed by atoms with E-state index in [0.29, 0.717) is 31.1 Å². The topological polar surface area (TPSA) is 81.2 Å². The summed E-state index contributed by atoms with van der Waals surface area (Å²) in [6.07, 6.45) is 12.0. The van der Waals surface area contributed by atoms with Crippen molar-refractivity contribution < 1.29 is 9.21 Å². The molecule has 0 aromatic carbocycles. The number of nitrogens with zero attached hydrogens (tertiary/aromatic N) is 1. The van der Waals surface area contributed by atoms with Gasteiger partial charge in [0.05, 0.1) is 0 Å². The molecule has 0 saturated carbocycles. The fraction of sp³-hybridized carbons (Fsp3) is 0.750. The van der Waals surface area contributed by atoms with Gasteiger partial charge in [-0.2, -0.15) is 0 Å². The Balaban J connectivity index is 2.02. The Labute approximate surface area is 127 Å². The Kier molecular flexibility index (Phi) is 9.53. The molecule has 0 aliphatic rings. The third kappa shape index (κ3) is 7.85. The largest absolute Gasteiger partial charge is 0.448 e. The average molecular weight is 295 g/mol. The number of rotatable bonds is 12. The van der Waals surface area contributed by atoms with Crippen LogP contribution in [0.25, 0.3) is 0 Å². The Bertz CT molecular complexity index is 391. The lowest BCUT2D eigenvalue weighted by atomic mass is 10.1. The fourth-order valence-electron chi connectivity index (χ4n) is 2.20. The van der Waals surface area contributed by atoms with Crippen LogP contribution in [0.1, 0.15) is 74.7 Å². The smallest absolute Gasteiger partial charge is 0.273 e. The highest BCUT2D eigenvalue weighted by molar-refractivity contribution is 5.91. The predicted molar refractivity (Wildman–Crippen MR) is 84.2 cm³/mol. The van der Waals surface area contributed by atoms with Crippen LogP contribution in [0.3, 0.4) is 0 Å². The first kappa shape index (κ1) is 17.7. The lowest BCUT2D eigenvalue weighted by Gasteiger charge is -2.03. The summed E-state index contributed by atoms with van der Waals surface area (Å²) >= 11 is 0. The normalized spacial score (nSPS) is 10.8. The van der Waals surface area contributed by atoms with Gasteiger partial charge in [0, 0.05) is 19.5 Å². The van der Waals surface area contributed by atoms with E-state index in [1.165, 1.54) is 51.2 Å². The number of amides is 1. The number of nitrogens with two attached hydrogens (primary N) is 1. The van der Waals surface area contributed by atoms with Gasteiger partial charge in [-0.3, -0.25) is 4.79 Å². The van der Waals surface area contributed by atoms with E-state index in [2.05, 4.69) is 17.2 Å². The van der Waals surface area contributed by atoms with Gasteiger partial charge in [-0.15, -0.1) is 0 Å². The Morgan fingerprint density at radius 3 is 2.52 bits per heavy atom. The summed E-state index contributed by atoms with van der Waals surface area (Å²) in [5.74, 6) is 0.361. The molecule has 0 aliphatic carbocycles. The van der Waals surface area contributed by atoms with Crippen LogP contribution >= 0.6 is 0 Å². The molecule has 0 bridgehead atoms. The summed E-state index contributed by atoms with van der Waals surface area (Å²) in [5.41, 5.74) is 5.76. The van der Waals surface area contributed by atoms with Crippen molar-refractivity contribution in [1.82, 2.24) is 10.3 Å². The fourth-order valence-corrected chi connectivity index (χ4v) is 2.20. The zero-order valence-electron chi connectivity index (χ0n) is 13.2. The van der Waals surface area contributed by atoms with Crippen LogP contribution in [0.4, 0.5) is 0 Å². The molecular weight excluding hydrogens is 266 g/mol. The highest BCUT2D eigenvalue weighted by Crippen LogP contribution is 2.08. The Morgan fingerprint density at radius 2 is 1.86 bits per heavy atom. The SMILES string of the molecule is CCCCCCCCCCNC(=O)c1coc(CCN)n1. The molecule has 0 fully saturated rings. The van der Waals surface area contributed by atoms with Crippen molar-refractivity contribution >= 4 is 5.91 Å². The van der Waals surface area contributed by atoms with Crippen LogP contribution in [-0.2, 0) is 6.42 Å². The van der Waals surface area contributed by atoms with Crippen molar-refractivity contribution in [3.05, 3.63) is 17.8 Å². The van der Waals surface area contributed by atoms with E-state index >= 15 is 0 Å². The first-order chi connectivity index (χ1) is 10.3. The second-order valence-electron chi connectivity index (χ2n) is 5.40. The van der Waals surface area contributed by atoms with Crippen LogP contribution in [0.2, 0.25) is 0 Å². The van der Waals surface area contributed by atoms with Crippen LogP contribution < -0.4 is 11.1 Å². The minimum absolute atomic E-state index is 0.162. The third-order valence-corrected chi connectivity index (χ3v) is 3.46. The van der Waals surface area contributed by atoms with Crippen LogP contribution in [0.5, 0.6) is 0 Å². The molecule has 3 N–H and O–H groups in total. The molecule has 0 saturated heterocycles. The van der Waals surface area contributed by atoms with Crippen molar-refractivity contribution in [2.24, 2.45) is 5.73 Å². The number of nitrogens with one attached hydrogen (secondary N) is 1. The molecule has 1 rings (SSSR count). The first-order valence-corrected chi connectivity index (χ1v) is 8.20. The lowest BCUT2D eigenvalue weighted by molar-refractivity contribution is 0.0948. The minimum atomic E-state index is -0.162. The standard InChI is InChI=1S/C16H29N3O2/c1-2-3-4-5-6-7-8-9-12-18-16(20)14-13-21-15(19-14)10-11-17/h13H,2-12,17H2,1H3,(H,18,20). The van der Waals surface area contributed by atoms with Gasteiger partial charge in [0.1, 0.15) is 6.26 Å². The number of hydrogen-bond acceptors (Lipinski definition) is 4. The molecule has 0 atom stereocenters. The minimum Gasteiger partial charge on any atom is -0.448 e. The maximum atomic E-state index is 11.8. The Morgan fingerprint density at radius 1 is 1.19 bits per heavy atom. The maximum absolute atomic E-state index is 11.8. The molecule has 0 spiro atoms. The zero-order valence-corrected chi connectivity index (χ0v) is 13.2. The third-order valence-electron chi connectivity index (χ3n) is 3.46. The quantitative estimate of drug-likeness (QED) is 0.581. The summed E-state index contributed by atoms with van der Waals surface area (Å²) in [6.45, 7) is 3.41. The van der Waals surface area contributed by atoms with E-state index in [9.17, 15) is 4.79 Å². The summed E-state index contributed by atoms with van der Waals surface area (Å²) < 4.78 is 5.17. The van der Waals surface area contributed by atoms with E-state index in [1.54, 1.807) is 0 Å². The molecular formula is C16H29N3O2. The highest BCUT2D eigenvalue weighted by atomic mass is 16.3. The van der Waals surface area contributed by atoms with Gasteiger partial charge < -0.3 is 15.5 Å². The van der Waals surface area contributed by atoms with Crippen molar-refractivity contribution in [2.45, 2.75) is 64.7 Å². The molecule has 1 amide bonds. The van der Waals surface area contributed by atoms with E-state index in [4.69, 9.17) is 10.2 Å². The molecule has 5 heteroatoms. The lowest BCUT2D eigenvalue weighted by Crippen LogP contribution is -2.24. The van der Waals surface area contributed by atoms with E-state index in [-0.39, 0.29) is 5.91 Å². The molecule has 1 aromatic rings. The summed E-state index contributed by atoms with van der Waals surface area (Å²) in [7, 11) is 0. The second-order valence-corrected chi connectivity index (χ2v) is 5.40. The average Bonchev–Trinajstić information content (AvgIpc) is 2.94. The monoisotopic (exact) mass is 295 g/mol. The second kappa shape index (κ2) is 11.3. The van der Waals surface area contributed by atoms with Crippen molar-refractivity contribution in [1.29, 1.82) is 0 Å². The van der Waals surface area contributed by atoms with E-state index in [1.807, 2.05) is 0 Å². The highest BCUT2D eigenvalue weighted by Gasteiger charge is 2.10. The number of oxazole rings is 1. The molecule has 0 unspecified atom stereocenters.